The van der Waals surface area contributed by atoms with Crippen LogP contribution in [0.15, 0.2) is 18.3 Å². The van der Waals surface area contributed by atoms with E-state index in [1.807, 2.05) is 13.8 Å². The molecule has 0 amide bonds. The van der Waals surface area contributed by atoms with Crippen LogP contribution in [-0.4, -0.2) is 32.3 Å². The molecule has 0 aliphatic heterocycles. The Balaban J connectivity index is 0.000000956. The van der Waals surface area contributed by atoms with E-state index >= 15 is 0 Å². The van der Waals surface area contributed by atoms with E-state index in [1.165, 1.54) is 4.68 Å². The molecule has 6 nitrogen and oxygen atoms in total. The molecule has 0 radical (unpaired) electrons. The van der Waals surface area contributed by atoms with E-state index in [2.05, 4.69) is 15.1 Å². The minimum absolute atomic E-state index is 0.339. The molecule has 2 aromatic heterocycles. The summed E-state index contributed by atoms with van der Waals surface area (Å²) in [5, 5.41) is 4.25. The van der Waals surface area contributed by atoms with Crippen LogP contribution in [0.4, 0.5) is 0 Å². The summed E-state index contributed by atoms with van der Waals surface area (Å²) in [5.41, 5.74) is 1.72. The van der Waals surface area contributed by atoms with Crippen LogP contribution in [0.5, 0.6) is 0 Å². The van der Waals surface area contributed by atoms with Crippen molar-refractivity contribution in [2.45, 2.75) is 27.7 Å². The second kappa shape index (κ2) is 7.37. The van der Waals surface area contributed by atoms with Crippen LogP contribution in [0.1, 0.15) is 37.1 Å². The van der Waals surface area contributed by atoms with Gasteiger partial charge in [0.05, 0.1) is 12.3 Å². The first-order valence-corrected chi connectivity index (χ1v) is 6.63. The lowest BCUT2D eigenvalue weighted by molar-refractivity contribution is 0.0513. The number of carbonyl (C=O) groups excluding carboxylic acids is 1. The van der Waals surface area contributed by atoms with Gasteiger partial charge in [-0.25, -0.2) is 14.8 Å². The number of carbonyl (C=O) groups is 1. The predicted octanol–water partition coefficient (Wildman–Crippen LogP) is 2.39. The van der Waals surface area contributed by atoms with Crippen molar-refractivity contribution in [1.29, 1.82) is 0 Å². The van der Waals surface area contributed by atoms with Crippen molar-refractivity contribution in [3.63, 3.8) is 0 Å². The van der Waals surface area contributed by atoms with Gasteiger partial charge in [-0.15, -0.1) is 0 Å². The van der Waals surface area contributed by atoms with Crippen LogP contribution in [0.2, 0.25) is 0 Å². The Morgan fingerprint density at radius 1 is 1.35 bits per heavy atom. The standard InChI is InChI=1S/C12H14N4O2.C2H6/c1-4-18-12(17)11-7-10(15-16(11)3)9-5-6-13-8(2)14-9;1-2/h5-7H,4H2,1-3H3;1-2H3. The zero-order chi connectivity index (χ0) is 15.1. The molecule has 0 atom stereocenters. The molecule has 0 aliphatic carbocycles. The van der Waals surface area contributed by atoms with Crippen molar-refractivity contribution in [3.05, 3.63) is 29.8 Å². The minimum atomic E-state index is -0.385. The molecule has 0 spiro atoms. The molecule has 2 aromatic rings. The van der Waals surface area contributed by atoms with Gasteiger partial charge < -0.3 is 4.74 Å². The average Bonchev–Trinajstić information content (AvgIpc) is 2.83. The summed E-state index contributed by atoms with van der Waals surface area (Å²) in [6.07, 6.45) is 1.66. The SMILES string of the molecule is CC.CCOC(=O)c1cc(-c2ccnc(C)n2)nn1C. The van der Waals surface area contributed by atoms with Gasteiger partial charge in [-0.05, 0) is 19.9 Å². The molecule has 0 saturated carbocycles. The normalized spacial score (nSPS) is 9.65. The van der Waals surface area contributed by atoms with Gasteiger partial charge in [0.15, 0.2) is 0 Å². The first-order chi connectivity index (χ1) is 9.61. The van der Waals surface area contributed by atoms with Gasteiger partial charge in [0.25, 0.3) is 0 Å². The Hall–Kier alpha value is -2.24. The molecule has 108 valence electrons. The summed E-state index contributed by atoms with van der Waals surface area (Å²) >= 11 is 0. The van der Waals surface area contributed by atoms with Crippen LogP contribution in [0.3, 0.4) is 0 Å². The van der Waals surface area contributed by atoms with E-state index in [-0.39, 0.29) is 5.97 Å². The van der Waals surface area contributed by atoms with Gasteiger partial charge in [0.2, 0.25) is 0 Å². The molecule has 2 rings (SSSR count). The number of aromatic nitrogens is 4. The van der Waals surface area contributed by atoms with Crippen LogP contribution in [0.25, 0.3) is 11.4 Å². The highest BCUT2D eigenvalue weighted by molar-refractivity contribution is 5.88. The fourth-order valence-corrected chi connectivity index (χ4v) is 1.59. The maximum absolute atomic E-state index is 11.7. The second-order valence-electron chi connectivity index (χ2n) is 3.75. The number of ether oxygens (including phenoxy) is 1. The van der Waals surface area contributed by atoms with Gasteiger partial charge in [0, 0.05) is 19.3 Å². The molecular formula is C14H20N4O2. The maximum atomic E-state index is 11.7. The number of hydrogen-bond acceptors (Lipinski definition) is 5. The molecule has 20 heavy (non-hydrogen) atoms. The molecule has 0 bridgehead atoms. The Kier molecular flexibility index (Phi) is 5.83. The van der Waals surface area contributed by atoms with Gasteiger partial charge in [0.1, 0.15) is 17.2 Å². The van der Waals surface area contributed by atoms with Crippen LogP contribution in [0, 0.1) is 6.92 Å². The molecule has 0 saturated heterocycles. The number of esters is 1. The van der Waals surface area contributed by atoms with Gasteiger partial charge >= 0.3 is 5.97 Å². The Morgan fingerprint density at radius 3 is 2.65 bits per heavy atom. The molecule has 2 heterocycles. The third kappa shape index (κ3) is 3.63. The summed E-state index contributed by atoms with van der Waals surface area (Å²) in [4.78, 5) is 19.9. The molecule has 6 heteroatoms. The molecule has 0 fully saturated rings. The number of nitrogens with zero attached hydrogens (tertiary/aromatic N) is 4. The van der Waals surface area contributed by atoms with Crippen molar-refractivity contribution in [2.24, 2.45) is 7.05 Å². The number of hydrogen-bond donors (Lipinski definition) is 0. The van der Waals surface area contributed by atoms with E-state index in [0.717, 1.165) is 0 Å². The third-order valence-corrected chi connectivity index (χ3v) is 2.40. The summed E-state index contributed by atoms with van der Waals surface area (Å²) in [5.74, 6) is 0.278. The van der Waals surface area contributed by atoms with E-state index in [1.54, 1.807) is 39.2 Å². The van der Waals surface area contributed by atoms with Gasteiger partial charge in [-0.1, -0.05) is 13.8 Å². The Morgan fingerprint density at radius 2 is 2.05 bits per heavy atom. The Bertz CT molecular complexity index is 578. The second-order valence-corrected chi connectivity index (χ2v) is 3.75. The fraction of sp³-hybridized carbons (Fsp3) is 0.429. The van der Waals surface area contributed by atoms with Crippen molar-refractivity contribution >= 4 is 5.97 Å². The summed E-state index contributed by atoms with van der Waals surface area (Å²) < 4.78 is 6.44. The first kappa shape index (κ1) is 15.8. The van der Waals surface area contributed by atoms with Crippen molar-refractivity contribution in [1.82, 2.24) is 19.7 Å². The highest BCUT2D eigenvalue weighted by Gasteiger charge is 2.15. The third-order valence-electron chi connectivity index (χ3n) is 2.40. The maximum Gasteiger partial charge on any atom is 0.356 e. The van der Waals surface area contributed by atoms with E-state index < -0.39 is 0 Å². The molecule has 0 unspecified atom stereocenters. The topological polar surface area (TPSA) is 69.9 Å². The highest BCUT2D eigenvalue weighted by Crippen LogP contribution is 2.16. The fourth-order valence-electron chi connectivity index (χ4n) is 1.59. The lowest BCUT2D eigenvalue weighted by Gasteiger charge is -1.99. The summed E-state index contributed by atoms with van der Waals surface area (Å²) in [6.45, 7) is 7.91. The quantitative estimate of drug-likeness (QED) is 0.805. The highest BCUT2D eigenvalue weighted by atomic mass is 16.5. The number of aryl methyl sites for hydroxylation is 2. The lowest BCUT2D eigenvalue weighted by atomic mass is 10.2. The van der Waals surface area contributed by atoms with Crippen LogP contribution < -0.4 is 0 Å². The minimum Gasteiger partial charge on any atom is -0.461 e. The molecular weight excluding hydrogens is 256 g/mol. The molecule has 0 aromatic carbocycles. The number of rotatable bonds is 3. The van der Waals surface area contributed by atoms with Crippen molar-refractivity contribution in [2.75, 3.05) is 6.61 Å². The predicted molar refractivity (Wildman–Crippen MR) is 76.3 cm³/mol. The molecule has 0 N–H and O–H groups in total. The van der Waals surface area contributed by atoms with E-state index in [0.29, 0.717) is 29.5 Å². The van der Waals surface area contributed by atoms with E-state index in [4.69, 9.17) is 4.74 Å². The van der Waals surface area contributed by atoms with Crippen molar-refractivity contribution < 1.29 is 9.53 Å². The zero-order valence-corrected chi connectivity index (χ0v) is 12.5. The largest absolute Gasteiger partial charge is 0.461 e. The van der Waals surface area contributed by atoms with Crippen LogP contribution in [-0.2, 0) is 11.8 Å². The van der Waals surface area contributed by atoms with Gasteiger partial charge in [-0.3, -0.25) is 4.68 Å². The monoisotopic (exact) mass is 276 g/mol. The summed E-state index contributed by atoms with van der Waals surface area (Å²) in [7, 11) is 1.70. The average molecular weight is 276 g/mol. The first-order valence-electron chi connectivity index (χ1n) is 6.63. The van der Waals surface area contributed by atoms with Crippen molar-refractivity contribution in [3.8, 4) is 11.4 Å². The zero-order valence-electron chi connectivity index (χ0n) is 12.5. The molecule has 0 aliphatic rings. The van der Waals surface area contributed by atoms with E-state index in [9.17, 15) is 4.79 Å². The lowest BCUT2D eigenvalue weighted by Crippen LogP contribution is -2.10. The summed E-state index contributed by atoms with van der Waals surface area (Å²) in [6, 6.07) is 3.42. The smallest absolute Gasteiger partial charge is 0.356 e. The Labute approximate surface area is 118 Å². The van der Waals surface area contributed by atoms with Crippen LogP contribution >= 0.6 is 0 Å². The van der Waals surface area contributed by atoms with Gasteiger partial charge in [-0.2, -0.15) is 5.10 Å².